The van der Waals surface area contributed by atoms with Crippen LogP contribution in [-0.2, 0) is 20.8 Å². The third-order valence-electron chi connectivity index (χ3n) is 9.09. The molecule has 2 fully saturated rings. The fourth-order valence-corrected chi connectivity index (χ4v) is 6.36. The molecular formula is C36H35N5O7. The highest BCUT2D eigenvalue weighted by Crippen LogP contribution is 2.42. The minimum Gasteiger partial charge on any atom is -0.392 e. The second kappa shape index (κ2) is 13.6. The second-order valence-electron chi connectivity index (χ2n) is 12.2. The molecule has 48 heavy (non-hydrogen) atoms. The Balaban J connectivity index is 1.09. The standard InChI is InChI=1S/C36H35N5O7/c1-22-30(20-40-14-16-41(17-15-40)36-37-12-3-13-38-36)46-35(47-31(22)24-8-6-23(21-42)7-9-24)26-4-2-5-27(18-26)39-32(43)25-10-11-28-29(19-25)34(45)48-33(28)44/h2-13,18-19,22,30-31,35,42H,14-17,20-21H2,1H3,(H,39,43). The van der Waals surface area contributed by atoms with Crippen LogP contribution in [0, 0.1) is 5.92 Å². The third kappa shape index (κ3) is 6.56. The van der Waals surface area contributed by atoms with E-state index in [4.69, 9.17) is 9.47 Å². The Bertz CT molecular complexity index is 1810. The van der Waals surface area contributed by atoms with E-state index in [1.165, 1.54) is 18.2 Å². The van der Waals surface area contributed by atoms with Gasteiger partial charge in [0.2, 0.25) is 5.95 Å². The van der Waals surface area contributed by atoms with Crippen molar-refractivity contribution in [1.29, 1.82) is 0 Å². The van der Waals surface area contributed by atoms with Gasteiger partial charge in [0.1, 0.15) is 0 Å². The Labute approximate surface area is 277 Å². The highest BCUT2D eigenvalue weighted by molar-refractivity contribution is 6.16. The fraction of sp³-hybridized carbons (Fsp3) is 0.306. The number of nitrogens with one attached hydrogen (secondary N) is 1. The van der Waals surface area contributed by atoms with E-state index >= 15 is 0 Å². The summed E-state index contributed by atoms with van der Waals surface area (Å²) >= 11 is 0. The van der Waals surface area contributed by atoms with Crippen LogP contribution in [0.15, 0.2) is 85.2 Å². The van der Waals surface area contributed by atoms with Crippen LogP contribution in [-0.4, -0.2) is 76.6 Å². The SMILES string of the molecule is CC1C(CN2CCN(c3ncccn3)CC2)OC(c2cccc(NC(=O)c3ccc4c(c3)C(=O)OC4=O)c2)OC1c1ccc(CO)cc1. The molecule has 3 aromatic carbocycles. The largest absolute Gasteiger partial charge is 0.392 e. The number of aromatic nitrogens is 2. The van der Waals surface area contributed by atoms with Crippen molar-refractivity contribution in [2.45, 2.75) is 32.0 Å². The zero-order valence-electron chi connectivity index (χ0n) is 26.3. The van der Waals surface area contributed by atoms with Gasteiger partial charge in [-0.05, 0) is 47.5 Å². The highest BCUT2D eigenvalue weighted by atomic mass is 16.7. The van der Waals surface area contributed by atoms with E-state index in [2.05, 4.69) is 36.7 Å². The highest BCUT2D eigenvalue weighted by Gasteiger charge is 2.39. The molecule has 2 saturated heterocycles. The summed E-state index contributed by atoms with van der Waals surface area (Å²) in [6, 6.07) is 21.1. The summed E-state index contributed by atoms with van der Waals surface area (Å²) in [6.07, 6.45) is 2.35. The number of hydrogen-bond donors (Lipinski definition) is 2. The van der Waals surface area contributed by atoms with E-state index in [-0.39, 0.29) is 41.4 Å². The Hall–Kier alpha value is -5.01. The van der Waals surface area contributed by atoms with Crippen molar-refractivity contribution in [3.63, 3.8) is 0 Å². The molecule has 7 rings (SSSR count). The number of nitrogens with zero attached hydrogens (tertiary/aromatic N) is 4. The number of esters is 2. The van der Waals surface area contributed by atoms with Gasteiger partial charge >= 0.3 is 11.9 Å². The number of carbonyl (C=O) groups is 3. The molecule has 246 valence electrons. The van der Waals surface area contributed by atoms with Gasteiger partial charge in [0, 0.05) is 67.8 Å². The van der Waals surface area contributed by atoms with Crippen molar-refractivity contribution >= 4 is 29.5 Å². The van der Waals surface area contributed by atoms with Crippen molar-refractivity contribution in [2.75, 3.05) is 42.9 Å². The molecule has 4 unspecified atom stereocenters. The number of benzene rings is 3. The zero-order valence-corrected chi connectivity index (χ0v) is 26.3. The van der Waals surface area contributed by atoms with Gasteiger partial charge in [0.15, 0.2) is 6.29 Å². The topological polar surface area (TPSA) is 143 Å². The number of ether oxygens (including phenoxy) is 3. The molecule has 12 heteroatoms. The number of cyclic esters (lactones) is 2. The summed E-state index contributed by atoms with van der Waals surface area (Å²) in [6.45, 7) is 6.08. The van der Waals surface area contributed by atoms with Gasteiger partial charge in [0.05, 0.1) is 29.9 Å². The van der Waals surface area contributed by atoms with Crippen molar-refractivity contribution < 1.29 is 33.7 Å². The molecule has 0 aliphatic carbocycles. The number of amides is 1. The molecular weight excluding hydrogens is 614 g/mol. The van der Waals surface area contributed by atoms with Crippen molar-refractivity contribution in [2.24, 2.45) is 5.92 Å². The van der Waals surface area contributed by atoms with Crippen LogP contribution in [0.4, 0.5) is 11.6 Å². The lowest BCUT2D eigenvalue weighted by Crippen LogP contribution is -2.51. The quantitative estimate of drug-likeness (QED) is 0.210. The first-order chi connectivity index (χ1) is 23.4. The molecule has 4 heterocycles. The van der Waals surface area contributed by atoms with Gasteiger partial charge in [-0.1, -0.05) is 43.3 Å². The molecule has 0 bridgehead atoms. The van der Waals surface area contributed by atoms with Crippen LogP contribution in [0.1, 0.15) is 67.1 Å². The van der Waals surface area contributed by atoms with Gasteiger partial charge in [0.25, 0.3) is 5.91 Å². The molecule has 3 aliphatic heterocycles. The van der Waals surface area contributed by atoms with Crippen LogP contribution in [0.25, 0.3) is 0 Å². The van der Waals surface area contributed by atoms with Crippen LogP contribution in [0.3, 0.4) is 0 Å². The Morgan fingerprint density at radius 1 is 0.875 bits per heavy atom. The Morgan fingerprint density at radius 3 is 2.38 bits per heavy atom. The predicted octanol–water partition coefficient (Wildman–Crippen LogP) is 4.15. The van der Waals surface area contributed by atoms with Crippen LogP contribution in [0.5, 0.6) is 0 Å². The van der Waals surface area contributed by atoms with E-state index in [0.29, 0.717) is 12.2 Å². The van der Waals surface area contributed by atoms with Crippen molar-refractivity contribution in [1.82, 2.24) is 14.9 Å². The van der Waals surface area contributed by atoms with Gasteiger partial charge in [-0.15, -0.1) is 0 Å². The van der Waals surface area contributed by atoms with Gasteiger partial charge < -0.3 is 29.5 Å². The number of carbonyl (C=O) groups excluding carboxylic acids is 3. The molecule has 12 nitrogen and oxygen atoms in total. The monoisotopic (exact) mass is 649 g/mol. The third-order valence-corrected chi connectivity index (χ3v) is 9.09. The number of aliphatic hydroxyl groups is 1. The van der Waals surface area contributed by atoms with Gasteiger partial charge in [-0.3, -0.25) is 9.69 Å². The summed E-state index contributed by atoms with van der Waals surface area (Å²) in [5.41, 5.74) is 3.48. The maximum Gasteiger partial charge on any atom is 0.346 e. The lowest BCUT2D eigenvalue weighted by atomic mass is 9.90. The normalized spacial score (nSPS) is 22.7. The minimum atomic E-state index is -0.769. The number of rotatable bonds is 8. The van der Waals surface area contributed by atoms with Gasteiger partial charge in [-0.2, -0.15) is 0 Å². The maximum absolute atomic E-state index is 13.2. The number of aliphatic hydroxyl groups excluding tert-OH is 1. The van der Waals surface area contributed by atoms with E-state index in [1.54, 1.807) is 18.5 Å². The van der Waals surface area contributed by atoms with Crippen molar-refractivity contribution in [3.05, 3.63) is 119 Å². The zero-order chi connectivity index (χ0) is 33.2. The molecule has 3 aliphatic rings. The lowest BCUT2D eigenvalue weighted by Gasteiger charge is -2.44. The molecule has 0 spiro atoms. The molecule has 1 aromatic heterocycles. The fourth-order valence-electron chi connectivity index (χ4n) is 6.36. The van der Waals surface area contributed by atoms with Crippen LogP contribution in [0.2, 0.25) is 0 Å². The van der Waals surface area contributed by atoms with E-state index < -0.39 is 24.1 Å². The first-order valence-electron chi connectivity index (χ1n) is 15.9. The average Bonchev–Trinajstić information content (AvgIpc) is 3.41. The second-order valence-corrected chi connectivity index (χ2v) is 12.2. The number of piperazine rings is 1. The molecule has 4 aromatic rings. The summed E-state index contributed by atoms with van der Waals surface area (Å²) in [4.78, 5) is 50.4. The van der Waals surface area contributed by atoms with Gasteiger partial charge in [-0.25, -0.2) is 19.6 Å². The Kier molecular flexibility index (Phi) is 8.96. The van der Waals surface area contributed by atoms with E-state index in [9.17, 15) is 19.5 Å². The molecule has 0 saturated carbocycles. The smallest absolute Gasteiger partial charge is 0.346 e. The molecule has 2 N–H and O–H groups in total. The lowest BCUT2D eigenvalue weighted by molar-refractivity contribution is -0.276. The van der Waals surface area contributed by atoms with Crippen molar-refractivity contribution in [3.8, 4) is 0 Å². The number of fused-ring (bicyclic) bond motifs is 1. The maximum atomic E-state index is 13.2. The minimum absolute atomic E-state index is 0.0120. The number of hydrogen-bond acceptors (Lipinski definition) is 11. The Morgan fingerprint density at radius 2 is 1.62 bits per heavy atom. The first kappa shape index (κ1) is 31.6. The van der Waals surface area contributed by atoms with Crippen LogP contribution >= 0.6 is 0 Å². The molecule has 0 radical (unpaired) electrons. The summed E-state index contributed by atoms with van der Waals surface area (Å²) in [7, 11) is 0. The molecule has 1 amide bonds. The summed E-state index contributed by atoms with van der Waals surface area (Å²) in [5, 5.41) is 12.5. The molecule has 4 atom stereocenters. The van der Waals surface area contributed by atoms with E-state index in [1.807, 2.05) is 48.5 Å². The summed E-state index contributed by atoms with van der Waals surface area (Å²) < 4.78 is 18.0. The van der Waals surface area contributed by atoms with E-state index in [0.717, 1.165) is 48.8 Å². The first-order valence-corrected chi connectivity index (χ1v) is 15.9. The summed E-state index contributed by atoms with van der Waals surface area (Å²) in [5.74, 6) is -1.19. The number of anilines is 2. The predicted molar refractivity (Wildman–Crippen MR) is 174 cm³/mol. The average molecular weight is 650 g/mol. The van der Waals surface area contributed by atoms with Crippen LogP contribution < -0.4 is 10.2 Å².